The first-order chi connectivity index (χ1) is 4.81. The van der Waals surface area contributed by atoms with E-state index in [9.17, 15) is 4.79 Å². The molecule has 1 rings (SSSR count). The minimum atomic E-state index is 0. The van der Waals surface area contributed by atoms with Crippen molar-refractivity contribution in [2.24, 2.45) is 0 Å². The molecule has 3 nitrogen and oxygen atoms in total. The number of aldehydes is 1. The van der Waals surface area contributed by atoms with Crippen molar-refractivity contribution >= 4 is 12.1 Å². The van der Waals surface area contributed by atoms with Gasteiger partial charge in [-0.1, -0.05) is 6.42 Å². The number of hydrogen-bond acceptors (Lipinski definition) is 3. The molecule has 1 aliphatic carbocycles. The lowest BCUT2D eigenvalue weighted by molar-refractivity contribution is -0.120. The van der Waals surface area contributed by atoms with Gasteiger partial charge in [-0.15, -0.1) is 0 Å². The first-order valence-corrected chi connectivity index (χ1v) is 3.72. The molecular weight excluding hydrogens is 142 g/mol. The highest BCUT2D eigenvalue weighted by molar-refractivity contribution is 5.78. The Morgan fingerprint density at radius 1 is 1.18 bits per heavy atom. The van der Waals surface area contributed by atoms with Crippen LogP contribution in [0.5, 0.6) is 0 Å². The summed E-state index contributed by atoms with van der Waals surface area (Å²) in [6.45, 7) is 1.44. The van der Waals surface area contributed by atoms with Crippen molar-refractivity contribution < 1.29 is 9.59 Å². The van der Waals surface area contributed by atoms with Gasteiger partial charge in [-0.05, 0) is 19.8 Å². The monoisotopic (exact) mass is 159 g/mol. The van der Waals surface area contributed by atoms with Crippen LogP contribution >= 0.6 is 0 Å². The molecular formula is C8H17NO2. The highest BCUT2D eigenvalue weighted by atomic mass is 16.1. The van der Waals surface area contributed by atoms with Crippen LogP contribution in [0.25, 0.3) is 0 Å². The standard InChI is InChI=1S/C6H10O.C2H4O.H3N/c7-6-4-2-1-3-5-6;1-2-3;/h1-5H2;2H,1H3;1H3. The van der Waals surface area contributed by atoms with Crippen LogP contribution in [0.3, 0.4) is 0 Å². The molecule has 0 aromatic heterocycles. The molecule has 0 aromatic carbocycles. The Kier molecular flexibility index (Phi) is 10.9. The van der Waals surface area contributed by atoms with Crippen LogP contribution in [0, 0.1) is 0 Å². The van der Waals surface area contributed by atoms with E-state index in [0.717, 1.165) is 32.0 Å². The predicted molar refractivity (Wildman–Crippen MR) is 44.9 cm³/mol. The number of carbonyl (C=O) groups excluding carboxylic acids is 2. The van der Waals surface area contributed by atoms with Gasteiger partial charge in [0, 0.05) is 12.8 Å². The molecule has 0 spiro atoms. The van der Waals surface area contributed by atoms with Gasteiger partial charge < -0.3 is 10.9 Å². The summed E-state index contributed by atoms with van der Waals surface area (Å²) in [6.07, 6.45) is 5.99. The van der Waals surface area contributed by atoms with Crippen molar-refractivity contribution in [2.75, 3.05) is 0 Å². The van der Waals surface area contributed by atoms with Crippen molar-refractivity contribution in [2.45, 2.75) is 39.0 Å². The Hall–Kier alpha value is -0.700. The maximum Gasteiger partial charge on any atom is 0.132 e. The molecule has 0 radical (unpaired) electrons. The Balaban J connectivity index is 0. The topological polar surface area (TPSA) is 69.1 Å². The fourth-order valence-corrected chi connectivity index (χ4v) is 0.946. The second kappa shape index (κ2) is 9.30. The van der Waals surface area contributed by atoms with E-state index in [2.05, 4.69) is 0 Å². The quantitative estimate of drug-likeness (QED) is 0.549. The van der Waals surface area contributed by atoms with Gasteiger partial charge in [-0.25, -0.2) is 0 Å². The fraction of sp³-hybridized carbons (Fsp3) is 0.750. The third-order valence-electron chi connectivity index (χ3n) is 1.41. The van der Waals surface area contributed by atoms with Crippen molar-refractivity contribution in [3.63, 3.8) is 0 Å². The minimum Gasteiger partial charge on any atom is -0.344 e. The third-order valence-corrected chi connectivity index (χ3v) is 1.41. The third kappa shape index (κ3) is 9.30. The molecule has 0 aromatic rings. The zero-order valence-corrected chi connectivity index (χ0v) is 7.14. The molecule has 0 saturated heterocycles. The number of hydrogen-bond donors (Lipinski definition) is 1. The average molecular weight is 159 g/mol. The largest absolute Gasteiger partial charge is 0.344 e. The van der Waals surface area contributed by atoms with Gasteiger partial charge >= 0.3 is 0 Å². The average Bonchev–Trinajstić information content (AvgIpc) is 1.91. The summed E-state index contributed by atoms with van der Waals surface area (Å²) in [5.41, 5.74) is 0. The van der Waals surface area contributed by atoms with Gasteiger partial charge in [0.15, 0.2) is 0 Å². The molecule has 3 N–H and O–H groups in total. The Labute approximate surface area is 67.8 Å². The molecule has 1 fully saturated rings. The maximum absolute atomic E-state index is 10.5. The normalized spacial score (nSPS) is 15.5. The lowest BCUT2D eigenvalue weighted by Crippen LogP contribution is -2.02. The van der Waals surface area contributed by atoms with Crippen LogP contribution in [0.2, 0.25) is 0 Å². The second-order valence-electron chi connectivity index (χ2n) is 2.34. The SMILES string of the molecule is CC=O.N.O=C1CCCCC1. The lowest BCUT2D eigenvalue weighted by Gasteiger charge is -2.05. The summed E-state index contributed by atoms with van der Waals surface area (Å²) in [4.78, 5) is 19.3. The molecule has 3 heteroatoms. The first-order valence-electron chi connectivity index (χ1n) is 3.72. The summed E-state index contributed by atoms with van der Waals surface area (Å²) in [7, 11) is 0. The molecule has 0 atom stereocenters. The molecule has 0 bridgehead atoms. The summed E-state index contributed by atoms with van der Waals surface area (Å²) in [6, 6.07) is 0. The molecule has 66 valence electrons. The Bertz CT molecular complexity index is 105. The van der Waals surface area contributed by atoms with E-state index >= 15 is 0 Å². The van der Waals surface area contributed by atoms with E-state index in [-0.39, 0.29) is 6.15 Å². The number of ketones is 1. The van der Waals surface area contributed by atoms with E-state index in [1.54, 1.807) is 0 Å². The molecule has 0 heterocycles. The summed E-state index contributed by atoms with van der Waals surface area (Å²) >= 11 is 0. The highest BCUT2D eigenvalue weighted by Crippen LogP contribution is 2.12. The summed E-state index contributed by atoms with van der Waals surface area (Å²) in [5, 5.41) is 0. The fourth-order valence-electron chi connectivity index (χ4n) is 0.946. The first kappa shape index (κ1) is 12.9. The zero-order chi connectivity index (χ0) is 7.82. The van der Waals surface area contributed by atoms with E-state index in [4.69, 9.17) is 4.79 Å². The van der Waals surface area contributed by atoms with E-state index in [0.29, 0.717) is 5.78 Å². The molecule has 11 heavy (non-hydrogen) atoms. The van der Waals surface area contributed by atoms with Crippen LogP contribution in [0.1, 0.15) is 39.0 Å². The van der Waals surface area contributed by atoms with Gasteiger partial charge in [0.2, 0.25) is 0 Å². The smallest absolute Gasteiger partial charge is 0.132 e. The number of carbonyl (C=O) groups is 2. The Morgan fingerprint density at radius 2 is 1.55 bits per heavy atom. The van der Waals surface area contributed by atoms with Crippen molar-refractivity contribution in [3.05, 3.63) is 0 Å². The molecule has 0 aliphatic heterocycles. The zero-order valence-electron chi connectivity index (χ0n) is 7.14. The van der Waals surface area contributed by atoms with Gasteiger partial charge in [0.05, 0.1) is 0 Å². The maximum atomic E-state index is 10.5. The van der Waals surface area contributed by atoms with Crippen LogP contribution < -0.4 is 6.15 Å². The van der Waals surface area contributed by atoms with E-state index < -0.39 is 0 Å². The number of rotatable bonds is 0. The summed E-state index contributed by atoms with van der Waals surface area (Å²) < 4.78 is 0. The number of Topliss-reactive ketones (excluding diaryl/α,β-unsaturated/α-hetero) is 1. The predicted octanol–water partition coefficient (Wildman–Crippen LogP) is 1.89. The van der Waals surface area contributed by atoms with Crippen molar-refractivity contribution in [1.29, 1.82) is 0 Å². The highest BCUT2D eigenvalue weighted by Gasteiger charge is 2.05. The molecule has 1 aliphatic rings. The molecule has 0 amide bonds. The summed E-state index contributed by atoms with van der Waals surface area (Å²) in [5.74, 6) is 0.464. The van der Waals surface area contributed by atoms with Gasteiger partial charge in [-0.3, -0.25) is 4.79 Å². The Morgan fingerprint density at radius 3 is 1.73 bits per heavy atom. The molecule has 1 saturated carbocycles. The van der Waals surface area contributed by atoms with Crippen LogP contribution in [-0.4, -0.2) is 12.1 Å². The minimum absolute atomic E-state index is 0. The van der Waals surface area contributed by atoms with Crippen molar-refractivity contribution in [1.82, 2.24) is 6.15 Å². The van der Waals surface area contributed by atoms with Crippen LogP contribution in [0.4, 0.5) is 0 Å². The lowest BCUT2D eigenvalue weighted by atomic mass is 10.00. The van der Waals surface area contributed by atoms with E-state index in [1.165, 1.54) is 13.3 Å². The van der Waals surface area contributed by atoms with Crippen LogP contribution in [0.15, 0.2) is 0 Å². The molecule has 0 unspecified atom stereocenters. The van der Waals surface area contributed by atoms with Gasteiger partial charge in [-0.2, -0.15) is 0 Å². The van der Waals surface area contributed by atoms with Gasteiger partial charge in [0.1, 0.15) is 12.1 Å². The van der Waals surface area contributed by atoms with Crippen LogP contribution in [-0.2, 0) is 9.59 Å². The van der Waals surface area contributed by atoms with Crippen molar-refractivity contribution in [3.8, 4) is 0 Å². The second-order valence-corrected chi connectivity index (χ2v) is 2.34. The van der Waals surface area contributed by atoms with Gasteiger partial charge in [0.25, 0.3) is 0 Å². The van der Waals surface area contributed by atoms with E-state index in [1.807, 2.05) is 0 Å².